The maximum Gasteiger partial charge on any atom is 0.140 e. The molecule has 0 saturated heterocycles. The lowest BCUT2D eigenvalue weighted by atomic mass is 10.0. The minimum atomic E-state index is -0.267. The van der Waals surface area contributed by atoms with Crippen molar-refractivity contribution in [2.75, 3.05) is 7.11 Å². The van der Waals surface area contributed by atoms with Crippen LogP contribution in [-0.2, 0) is 0 Å². The van der Waals surface area contributed by atoms with Crippen molar-refractivity contribution in [1.82, 2.24) is 0 Å². The number of halogens is 2. The summed E-state index contributed by atoms with van der Waals surface area (Å²) >= 11 is 5.85. The molecule has 3 heteroatoms. The van der Waals surface area contributed by atoms with Gasteiger partial charge >= 0.3 is 0 Å². The Kier molecular flexibility index (Phi) is 3.15. The van der Waals surface area contributed by atoms with Crippen LogP contribution in [0.2, 0.25) is 5.02 Å². The highest BCUT2D eigenvalue weighted by Gasteiger charge is 2.11. The first-order valence-electron chi connectivity index (χ1n) is 4.09. The van der Waals surface area contributed by atoms with Crippen LogP contribution < -0.4 is 4.74 Å². The SMILES string of the molecule is COc1cc(F)c(C(C)C)cc1Cl. The van der Waals surface area contributed by atoms with Crippen LogP contribution in [0.3, 0.4) is 0 Å². The van der Waals surface area contributed by atoms with Crippen LogP contribution >= 0.6 is 11.6 Å². The van der Waals surface area contributed by atoms with Gasteiger partial charge in [0.2, 0.25) is 0 Å². The lowest BCUT2D eigenvalue weighted by molar-refractivity contribution is 0.410. The molecule has 0 spiro atoms. The molecule has 13 heavy (non-hydrogen) atoms. The van der Waals surface area contributed by atoms with E-state index in [2.05, 4.69) is 0 Å². The van der Waals surface area contributed by atoms with Gasteiger partial charge in [-0.25, -0.2) is 4.39 Å². The number of methoxy groups -OCH3 is 1. The molecule has 0 unspecified atom stereocenters. The molecule has 0 aromatic heterocycles. The van der Waals surface area contributed by atoms with Gasteiger partial charge in [0.25, 0.3) is 0 Å². The van der Waals surface area contributed by atoms with Crippen LogP contribution in [0.4, 0.5) is 4.39 Å². The fourth-order valence-electron chi connectivity index (χ4n) is 1.14. The molecule has 1 rings (SSSR count). The molecule has 0 fully saturated rings. The average molecular weight is 203 g/mol. The standard InChI is InChI=1S/C10H12ClFO/c1-6(2)7-4-8(11)10(13-3)5-9(7)12/h4-6H,1-3H3. The molecule has 0 amide bonds. The molecular formula is C10H12ClFO. The molecule has 0 saturated carbocycles. The predicted octanol–water partition coefficient (Wildman–Crippen LogP) is 3.61. The fraction of sp³-hybridized carbons (Fsp3) is 0.400. The number of hydrogen-bond donors (Lipinski definition) is 0. The molecule has 1 aromatic rings. The first-order valence-corrected chi connectivity index (χ1v) is 4.47. The summed E-state index contributed by atoms with van der Waals surface area (Å²) in [5.74, 6) is 0.239. The molecule has 0 aliphatic heterocycles. The van der Waals surface area contributed by atoms with Gasteiger partial charge in [0, 0.05) is 6.07 Å². The third kappa shape index (κ3) is 2.13. The van der Waals surface area contributed by atoms with Crippen molar-refractivity contribution in [3.8, 4) is 5.75 Å². The Morgan fingerprint density at radius 3 is 2.46 bits per heavy atom. The second-order valence-electron chi connectivity index (χ2n) is 3.16. The molecule has 0 heterocycles. The molecule has 0 atom stereocenters. The van der Waals surface area contributed by atoms with Crippen molar-refractivity contribution < 1.29 is 9.13 Å². The van der Waals surface area contributed by atoms with Crippen molar-refractivity contribution >= 4 is 11.6 Å². The largest absolute Gasteiger partial charge is 0.495 e. The van der Waals surface area contributed by atoms with E-state index in [0.717, 1.165) is 0 Å². The Balaban J connectivity index is 3.20. The number of benzene rings is 1. The van der Waals surface area contributed by atoms with Crippen LogP contribution in [0, 0.1) is 5.82 Å². The summed E-state index contributed by atoms with van der Waals surface area (Å²) < 4.78 is 18.2. The Bertz CT molecular complexity index is 310. The van der Waals surface area contributed by atoms with E-state index < -0.39 is 0 Å². The van der Waals surface area contributed by atoms with Crippen molar-refractivity contribution in [1.29, 1.82) is 0 Å². The normalized spacial score (nSPS) is 10.6. The van der Waals surface area contributed by atoms with Gasteiger partial charge in [0.1, 0.15) is 11.6 Å². The third-order valence-electron chi connectivity index (χ3n) is 1.89. The molecular weight excluding hydrogens is 191 g/mol. The maximum atomic E-state index is 13.3. The van der Waals surface area contributed by atoms with Gasteiger partial charge in [0.05, 0.1) is 12.1 Å². The Hall–Kier alpha value is -0.760. The van der Waals surface area contributed by atoms with Crippen molar-refractivity contribution in [3.05, 3.63) is 28.5 Å². The number of rotatable bonds is 2. The summed E-state index contributed by atoms with van der Waals surface area (Å²) in [5.41, 5.74) is 0.616. The lowest BCUT2D eigenvalue weighted by Crippen LogP contribution is -1.95. The summed E-state index contributed by atoms with van der Waals surface area (Å²) in [7, 11) is 1.47. The van der Waals surface area contributed by atoms with Crippen molar-refractivity contribution in [3.63, 3.8) is 0 Å². The van der Waals surface area contributed by atoms with Crippen LogP contribution in [-0.4, -0.2) is 7.11 Å². The van der Waals surface area contributed by atoms with E-state index >= 15 is 0 Å². The first kappa shape index (κ1) is 10.3. The molecule has 1 aromatic carbocycles. The highest BCUT2D eigenvalue weighted by Crippen LogP contribution is 2.30. The average Bonchev–Trinajstić information content (AvgIpc) is 2.07. The topological polar surface area (TPSA) is 9.23 Å². The van der Waals surface area contributed by atoms with Crippen molar-refractivity contribution in [2.45, 2.75) is 19.8 Å². The zero-order valence-corrected chi connectivity index (χ0v) is 8.65. The van der Waals surface area contributed by atoms with Gasteiger partial charge in [-0.15, -0.1) is 0 Å². The Labute approximate surface area is 82.5 Å². The zero-order chi connectivity index (χ0) is 10.0. The Morgan fingerprint density at radius 2 is 2.00 bits per heavy atom. The van der Waals surface area contributed by atoms with Crippen LogP contribution in [0.15, 0.2) is 12.1 Å². The molecule has 72 valence electrons. The minimum absolute atomic E-state index is 0.128. The van der Waals surface area contributed by atoms with Crippen LogP contribution in [0.25, 0.3) is 0 Å². The van der Waals surface area contributed by atoms with E-state index in [1.54, 1.807) is 6.07 Å². The van der Waals surface area contributed by atoms with Gasteiger partial charge in [-0.05, 0) is 17.5 Å². The molecule has 0 bridgehead atoms. The number of ether oxygens (including phenoxy) is 1. The highest BCUT2D eigenvalue weighted by molar-refractivity contribution is 6.32. The second kappa shape index (κ2) is 3.97. The third-order valence-corrected chi connectivity index (χ3v) is 2.19. The van der Waals surface area contributed by atoms with Crippen molar-refractivity contribution in [2.24, 2.45) is 0 Å². The highest BCUT2D eigenvalue weighted by atomic mass is 35.5. The molecule has 0 radical (unpaired) electrons. The van der Waals surface area contributed by atoms with Crippen LogP contribution in [0.1, 0.15) is 25.3 Å². The first-order chi connectivity index (χ1) is 6.06. The smallest absolute Gasteiger partial charge is 0.140 e. The van der Waals surface area contributed by atoms with E-state index in [4.69, 9.17) is 16.3 Å². The second-order valence-corrected chi connectivity index (χ2v) is 3.57. The monoisotopic (exact) mass is 202 g/mol. The van der Waals surface area contributed by atoms with E-state index in [1.165, 1.54) is 13.2 Å². The summed E-state index contributed by atoms with van der Waals surface area (Å²) in [6, 6.07) is 2.93. The van der Waals surface area contributed by atoms with E-state index in [9.17, 15) is 4.39 Å². The molecule has 1 nitrogen and oxygen atoms in total. The molecule has 0 aliphatic carbocycles. The van der Waals surface area contributed by atoms with Gasteiger partial charge in [0.15, 0.2) is 0 Å². The van der Waals surface area contributed by atoms with Gasteiger partial charge < -0.3 is 4.74 Å². The van der Waals surface area contributed by atoms with E-state index in [-0.39, 0.29) is 11.7 Å². The van der Waals surface area contributed by atoms with Crippen LogP contribution in [0.5, 0.6) is 5.75 Å². The van der Waals surface area contributed by atoms with Gasteiger partial charge in [-0.1, -0.05) is 25.4 Å². The van der Waals surface area contributed by atoms with E-state index in [0.29, 0.717) is 16.3 Å². The summed E-state index contributed by atoms with van der Waals surface area (Å²) in [5, 5.41) is 0.451. The maximum absolute atomic E-state index is 13.3. The number of hydrogen-bond acceptors (Lipinski definition) is 1. The lowest BCUT2D eigenvalue weighted by Gasteiger charge is -2.10. The quantitative estimate of drug-likeness (QED) is 0.712. The summed E-state index contributed by atoms with van der Waals surface area (Å²) in [6.45, 7) is 3.84. The molecule has 0 N–H and O–H groups in total. The van der Waals surface area contributed by atoms with Gasteiger partial charge in [-0.2, -0.15) is 0 Å². The fourth-order valence-corrected chi connectivity index (χ4v) is 1.39. The summed E-state index contributed by atoms with van der Waals surface area (Å²) in [4.78, 5) is 0. The minimum Gasteiger partial charge on any atom is -0.495 e. The summed E-state index contributed by atoms with van der Waals surface area (Å²) in [6.07, 6.45) is 0. The van der Waals surface area contributed by atoms with Gasteiger partial charge in [-0.3, -0.25) is 0 Å². The molecule has 0 aliphatic rings. The predicted molar refractivity (Wildman–Crippen MR) is 52.1 cm³/mol. The van der Waals surface area contributed by atoms with E-state index in [1.807, 2.05) is 13.8 Å². The Morgan fingerprint density at radius 1 is 1.38 bits per heavy atom. The zero-order valence-electron chi connectivity index (χ0n) is 7.90.